The van der Waals surface area contributed by atoms with Crippen molar-refractivity contribution in [2.24, 2.45) is 0 Å². The third kappa shape index (κ3) is 4.87. The highest BCUT2D eigenvalue weighted by atomic mass is 31.2. The number of nitrogens with one attached hydrogen (secondary N) is 2. The van der Waals surface area contributed by atoms with E-state index in [9.17, 15) is 9.36 Å². The lowest BCUT2D eigenvalue weighted by Gasteiger charge is -2.25. The fourth-order valence-electron chi connectivity index (χ4n) is 3.28. The van der Waals surface area contributed by atoms with Crippen molar-refractivity contribution in [3.8, 4) is 0 Å². The van der Waals surface area contributed by atoms with E-state index in [1.54, 1.807) is 6.33 Å². The highest BCUT2D eigenvalue weighted by Crippen LogP contribution is 2.50. The summed E-state index contributed by atoms with van der Waals surface area (Å²) >= 11 is 0. The molecule has 0 radical (unpaired) electrons. The maximum absolute atomic E-state index is 12.9. The fraction of sp³-hybridized carbons (Fsp3) is 0.706. The highest BCUT2D eigenvalue weighted by Gasteiger charge is 2.33. The quantitative estimate of drug-likeness (QED) is 0.596. The molecule has 11 heteroatoms. The van der Waals surface area contributed by atoms with Crippen LogP contribution in [0.15, 0.2) is 17.4 Å². The molecule has 0 bridgehead atoms. The Morgan fingerprint density at radius 2 is 1.93 bits per heavy atom. The Kier molecular flexibility index (Phi) is 6.67. The fourth-order valence-corrected chi connectivity index (χ4v) is 5.16. The van der Waals surface area contributed by atoms with Crippen molar-refractivity contribution < 1.29 is 18.3 Å². The molecule has 2 atom stereocenters. The predicted molar refractivity (Wildman–Crippen MR) is 105 cm³/mol. The number of aromatic amines is 1. The van der Waals surface area contributed by atoms with E-state index in [-0.39, 0.29) is 42.7 Å². The number of fused-ring (bicyclic) bond motifs is 1. The molecule has 2 aromatic rings. The molecule has 0 amide bonds. The SMILES string of the molecule is CC(C)OP(=O)(CCO[C@H]1CNC[C@H]1n1cnc2c(=O)[nH]cnc21)OC(C)C. The monoisotopic (exact) mass is 413 g/mol. The Morgan fingerprint density at radius 1 is 1.21 bits per heavy atom. The van der Waals surface area contributed by atoms with Gasteiger partial charge in [-0.3, -0.25) is 9.36 Å². The van der Waals surface area contributed by atoms with E-state index in [1.807, 2.05) is 32.3 Å². The van der Waals surface area contributed by atoms with Crippen LogP contribution in [0.1, 0.15) is 33.7 Å². The van der Waals surface area contributed by atoms with Crippen molar-refractivity contribution in [1.29, 1.82) is 0 Å². The van der Waals surface area contributed by atoms with E-state index in [4.69, 9.17) is 13.8 Å². The third-order valence-corrected chi connectivity index (χ3v) is 6.51. The summed E-state index contributed by atoms with van der Waals surface area (Å²) in [7, 11) is -3.24. The Morgan fingerprint density at radius 3 is 2.61 bits per heavy atom. The normalized spacial score (nSPS) is 20.6. The van der Waals surface area contributed by atoms with Crippen LogP contribution in [0.2, 0.25) is 0 Å². The molecule has 0 spiro atoms. The summed E-state index contributed by atoms with van der Waals surface area (Å²) in [5, 5.41) is 3.28. The van der Waals surface area contributed by atoms with E-state index in [2.05, 4.69) is 20.3 Å². The summed E-state index contributed by atoms with van der Waals surface area (Å²) in [5.74, 6) is 0. The van der Waals surface area contributed by atoms with Gasteiger partial charge in [-0.15, -0.1) is 0 Å². The zero-order valence-corrected chi connectivity index (χ0v) is 17.5. The Labute approximate surface area is 163 Å². The van der Waals surface area contributed by atoms with Gasteiger partial charge in [0.25, 0.3) is 5.56 Å². The Hall–Kier alpha value is -1.58. The van der Waals surface area contributed by atoms with Gasteiger partial charge in [0.2, 0.25) is 0 Å². The molecule has 1 saturated heterocycles. The smallest absolute Gasteiger partial charge is 0.333 e. The Bertz CT molecular complexity index is 881. The van der Waals surface area contributed by atoms with Crippen LogP contribution in [-0.4, -0.2) is 63.7 Å². The number of nitrogens with zero attached hydrogens (tertiary/aromatic N) is 3. The number of hydrogen-bond donors (Lipinski definition) is 2. The van der Waals surface area contributed by atoms with Gasteiger partial charge in [0.1, 0.15) is 0 Å². The van der Waals surface area contributed by atoms with Gasteiger partial charge >= 0.3 is 7.60 Å². The summed E-state index contributed by atoms with van der Waals surface area (Å²) in [4.78, 5) is 22.8. The van der Waals surface area contributed by atoms with Crippen molar-refractivity contribution in [3.63, 3.8) is 0 Å². The molecule has 0 unspecified atom stereocenters. The van der Waals surface area contributed by atoms with Gasteiger partial charge in [-0.1, -0.05) is 0 Å². The average Bonchev–Trinajstić information content (AvgIpc) is 3.20. The standard InChI is InChI=1S/C17H28N5O5P/c1-11(2)26-28(24,27-12(3)4)6-5-25-14-8-18-7-13(14)22-10-21-15-16(22)19-9-20-17(15)23/h9-14,18H,5-8H2,1-4H3,(H,19,20,23)/t13-,14+/m1/s1. The van der Waals surface area contributed by atoms with Gasteiger partial charge in [0, 0.05) is 13.1 Å². The number of hydrogen-bond acceptors (Lipinski definition) is 8. The first kappa shape index (κ1) is 21.1. The molecular weight excluding hydrogens is 385 g/mol. The molecule has 28 heavy (non-hydrogen) atoms. The van der Waals surface area contributed by atoms with Crippen molar-refractivity contribution in [3.05, 3.63) is 23.0 Å². The van der Waals surface area contributed by atoms with E-state index >= 15 is 0 Å². The lowest BCUT2D eigenvalue weighted by atomic mass is 10.2. The maximum Gasteiger partial charge on any atom is 0.333 e. The van der Waals surface area contributed by atoms with Crippen LogP contribution in [0, 0.1) is 0 Å². The average molecular weight is 413 g/mol. The largest absolute Gasteiger partial charge is 0.374 e. The van der Waals surface area contributed by atoms with Crippen LogP contribution < -0.4 is 10.9 Å². The van der Waals surface area contributed by atoms with Crippen LogP contribution in [-0.2, 0) is 18.3 Å². The molecule has 10 nitrogen and oxygen atoms in total. The molecule has 1 fully saturated rings. The van der Waals surface area contributed by atoms with Crippen LogP contribution in [0.4, 0.5) is 0 Å². The predicted octanol–water partition coefficient (Wildman–Crippen LogP) is 1.69. The van der Waals surface area contributed by atoms with E-state index in [1.165, 1.54) is 6.33 Å². The zero-order valence-electron chi connectivity index (χ0n) is 16.6. The first-order chi connectivity index (χ1) is 13.3. The van der Waals surface area contributed by atoms with E-state index < -0.39 is 7.60 Å². The minimum Gasteiger partial charge on any atom is -0.374 e. The Balaban J connectivity index is 1.67. The number of imidazole rings is 1. The zero-order chi connectivity index (χ0) is 20.3. The van der Waals surface area contributed by atoms with Gasteiger partial charge in [-0.25, -0.2) is 9.97 Å². The molecule has 1 aliphatic heterocycles. The second-order valence-corrected chi connectivity index (χ2v) is 9.42. The molecule has 0 saturated carbocycles. The van der Waals surface area contributed by atoms with Gasteiger partial charge in [0.15, 0.2) is 11.2 Å². The third-order valence-electron chi connectivity index (χ3n) is 4.29. The van der Waals surface area contributed by atoms with Gasteiger partial charge < -0.3 is 28.7 Å². The summed E-state index contributed by atoms with van der Waals surface area (Å²) in [6.45, 7) is 8.83. The lowest BCUT2D eigenvalue weighted by molar-refractivity contribution is 0.0470. The summed E-state index contributed by atoms with van der Waals surface area (Å²) in [6.07, 6.45) is 2.57. The lowest BCUT2D eigenvalue weighted by Crippen LogP contribution is -2.27. The van der Waals surface area contributed by atoms with Crippen LogP contribution in [0.25, 0.3) is 11.2 Å². The molecular formula is C17H28N5O5P. The highest BCUT2D eigenvalue weighted by molar-refractivity contribution is 7.53. The molecule has 2 N–H and O–H groups in total. The number of aromatic nitrogens is 4. The van der Waals surface area contributed by atoms with Crippen molar-refractivity contribution in [2.45, 2.75) is 52.0 Å². The second-order valence-electron chi connectivity index (χ2n) is 7.33. The van der Waals surface area contributed by atoms with Gasteiger partial charge in [-0.2, -0.15) is 0 Å². The van der Waals surface area contributed by atoms with Crippen LogP contribution in [0.3, 0.4) is 0 Å². The van der Waals surface area contributed by atoms with Crippen molar-refractivity contribution in [1.82, 2.24) is 24.8 Å². The van der Waals surface area contributed by atoms with Crippen LogP contribution >= 0.6 is 7.60 Å². The molecule has 156 valence electrons. The first-order valence-corrected chi connectivity index (χ1v) is 11.2. The minimum absolute atomic E-state index is 0.0734. The summed E-state index contributed by atoms with van der Waals surface area (Å²) in [6, 6.07) is -0.0734. The summed E-state index contributed by atoms with van der Waals surface area (Å²) in [5.41, 5.74) is 0.543. The van der Waals surface area contributed by atoms with E-state index in [0.717, 1.165) is 0 Å². The molecule has 0 aliphatic carbocycles. The number of H-pyrrole nitrogens is 1. The van der Waals surface area contributed by atoms with Gasteiger partial charge in [0.05, 0.1) is 49.8 Å². The van der Waals surface area contributed by atoms with Crippen molar-refractivity contribution >= 4 is 18.8 Å². The molecule has 0 aromatic carbocycles. The second kappa shape index (κ2) is 8.84. The molecule has 2 aromatic heterocycles. The van der Waals surface area contributed by atoms with Crippen molar-refractivity contribution in [2.75, 3.05) is 25.9 Å². The van der Waals surface area contributed by atoms with E-state index in [0.29, 0.717) is 24.3 Å². The maximum atomic E-state index is 12.9. The minimum atomic E-state index is -3.24. The first-order valence-electron chi connectivity index (χ1n) is 9.47. The molecule has 3 rings (SSSR count). The molecule has 1 aliphatic rings. The van der Waals surface area contributed by atoms with Crippen LogP contribution in [0.5, 0.6) is 0 Å². The topological polar surface area (TPSA) is 120 Å². The summed E-state index contributed by atoms with van der Waals surface area (Å²) < 4.78 is 31.9. The van der Waals surface area contributed by atoms with Gasteiger partial charge in [-0.05, 0) is 27.7 Å². The molecule has 3 heterocycles. The number of rotatable bonds is 9. The number of ether oxygens (including phenoxy) is 1.